The molecule has 0 saturated carbocycles. The minimum atomic E-state index is -0.311. The van der Waals surface area contributed by atoms with Gasteiger partial charge in [0, 0.05) is 6.42 Å². The zero-order valence-electron chi connectivity index (χ0n) is 12.6. The molecule has 0 aliphatic carbocycles. The number of benzene rings is 1. The van der Waals surface area contributed by atoms with E-state index in [4.69, 9.17) is 9.47 Å². The first-order valence-electron chi connectivity index (χ1n) is 7.26. The smallest absolute Gasteiger partial charge is 0.323 e. The van der Waals surface area contributed by atoms with Crippen LogP contribution < -0.4 is 10.1 Å². The number of esters is 1. The maximum Gasteiger partial charge on any atom is 0.323 e. The Morgan fingerprint density at radius 2 is 1.95 bits per heavy atom. The van der Waals surface area contributed by atoms with Gasteiger partial charge in [-0.05, 0) is 38.1 Å². The highest BCUT2D eigenvalue weighted by Gasteiger charge is 2.17. The highest BCUT2D eigenvalue weighted by molar-refractivity contribution is 5.75. The van der Waals surface area contributed by atoms with E-state index in [2.05, 4.69) is 24.4 Å². The third-order valence-corrected chi connectivity index (χ3v) is 3.06. The van der Waals surface area contributed by atoms with Crippen LogP contribution in [-0.2, 0) is 16.0 Å². The maximum atomic E-state index is 11.6. The predicted octanol–water partition coefficient (Wildman–Crippen LogP) is 2.56. The number of likely N-dealkylation sites (N-methyl/N-ethyl adjacent to an activating group) is 1. The summed E-state index contributed by atoms with van der Waals surface area (Å²) in [6.45, 7) is 4.85. The summed E-state index contributed by atoms with van der Waals surface area (Å²) < 4.78 is 10.6. The minimum Gasteiger partial charge on any atom is -0.494 e. The van der Waals surface area contributed by atoms with Crippen LogP contribution in [-0.4, -0.2) is 32.3 Å². The summed E-state index contributed by atoms with van der Waals surface area (Å²) in [6.07, 6.45) is 2.82. The molecule has 0 bridgehead atoms. The van der Waals surface area contributed by atoms with Gasteiger partial charge in [0.25, 0.3) is 0 Å². The van der Waals surface area contributed by atoms with Crippen molar-refractivity contribution in [2.45, 2.75) is 39.2 Å². The molecule has 112 valence electrons. The molecular weight excluding hydrogens is 254 g/mol. The highest BCUT2D eigenvalue weighted by atomic mass is 16.5. The van der Waals surface area contributed by atoms with Crippen molar-refractivity contribution in [3.05, 3.63) is 29.8 Å². The van der Waals surface area contributed by atoms with Crippen LogP contribution >= 0.6 is 0 Å². The van der Waals surface area contributed by atoms with Crippen LogP contribution in [0, 0.1) is 0 Å². The van der Waals surface area contributed by atoms with E-state index in [9.17, 15) is 4.79 Å². The van der Waals surface area contributed by atoms with E-state index in [1.165, 1.54) is 5.56 Å². The van der Waals surface area contributed by atoms with Gasteiger partial charge in [-0.3, -0.25) is 4.79 Å². The molecule has 0 aliphatic rings. The molecule has 0 saturated heterocycles. The molecule has 0 aliphatic heterocycles. The summed E-state index contributed by atoms with van der Waals surface area (Å²) in [7, 11) is 1.75. The molecule has 0 aromatic heterocycles. The zero-order chi connectivity index (χ0) is 14.8. The van der Waals surface area contributed by atoms with E-state index >= 15 is 0 Å². The van der Waals surface area contributed by atoms with E-state index < -0.39 is 0 Å². The van der Waals surface area contributed by atoms with Crippen molar-refractivity contribution < 1.29 is 14.3 Å². The lowest BCUT2D eigenvalue weighted by Gasteiger charge is -2.15. The number of carbonyl (C=O) groups excluding carboxylic acids is 1. The van der Waals surface area contributed by atoms with Gasteiger partial charge in [0.15, 0.2) is 0 Å². The van der Waals surface area contributed by atoms with Crippen LogP contribution in [0.2, 0.25) is 0 Å². The Morgan fingerprint density at radius 1 is 1.25 bits per heavy atom. The Morgan fingerprint density at radius 3 is 2.50 bits per heavy atom. The summed E-state index contributed by atoms with van der Waals surface area (Å²) in [5, 5.41) is 2.94. The first-order valence-corrected chi connectivity index (χ1v) is 7.26. The fourth-order valence-electron chi connectivity index (χ4n) is 1.96. The lowest BCUT2D eigenvalue weighted by atomic mass is 10.1. The van der Waals surface area contributed by atoms with E-state index in [0.29, 0.717) is 19.6 Å². The van der Waals surface area contributed by atoms with Crippen molar-refractivity contribution in [1.29, 1.82) is 0 Å². The average Bonchev–Trinajstić information content (AvgIpc) is 2.46. The van der Waals surface area contributed by atoms with Crippen molar-refractivity contribution in [2.75, 3.05) is 20.3 Å². The van der Waals surface area contributed by atoms with E-state index in [0.717, 1.165) is 18.6 Å². The second kappa shape index (κ2) is 9.37. The molecule has 20 heavy (non-hydrogen) atoms. The fraction of sp³-hybridized carbons (Fsp3) is 0.562. The molecule has 0 heterocycles. The van der Waals surface area contributed by atoms with Gasteiger partial charge in [-0.25, -0.2) is 0 Å². The molecule has 0 spiro atoms. The predicted molar refractivity (Wildman–Crippen MR) is 80.0 cm³/mol. The second-order valence-electron chi connectivity index (χ2n) is 4.62. The first-order chi connectivity index (χ1) is 9.71. The lowest BCUT2D eigenvalue weighted by Crippen LogP contribution is -2.36. The molecule has 0 radical (unpaired) electrons. The van der Waals surface area contributed by atoms with E-state index in [1.807, 2.05) is 12.1 Å². The fourth-order valence-corrected chi connectivity index (χ4v) is 1.96. The average molecular weight is 279 g/mol. The number of carbonyl (C=O) groups is 1. The molecule has 1 N–H and O–H groups in total. The van der Waals surface area contributed by atoms with Crippen LogP contribution in [0.3, 0.4) is 0 Å². The van der Waals surface area contributed by atoms with Crippen molar-refractivity contribution in [3.63, 3.8) is 0 Å². The number of ether oxygens (including phenoxy) is 2. The van der Waals surface area contributed by atoms with Crippen LogP contribution in [0.1, 0.15) is 32.3 Å². The number of rotatable bonds is 9. The molecule has 0 fully saturated rings. The number of nitrogens with one attached hydrogen (secondary N) is 1. The van der Waals surface area contributed by atoms with Gasteiger partial charge in [0.05, 0.1) is 13.2 Å². The standard InChI is InChI=1S/C16H25NO3/c1-4-6-13-7-9-14(10-8-13)20-12-11-15(17-3)16(18)19-5-2/h7-10,15,17H,4-6,11-12H2,1-3H3. The number of aryl methyl sites for hydroxylation is 1. The van der Waals surface area contributed by atoms with Crippen molar-refractivity contribution in [1.82, 2.24) is 5.32 Å². The van der Waals surface area contributed by atoms with Crippen LogP contribution in [0.25, 0.3) is 0 Å². The Labute approximate surface area is 121 Å². The van der Waals surface area contributed by atoms with Gasteiger partial charge >= 0.3 is 5.97 Å². The zero-order valence-corrected chi connectivity index (χ0v) is 12.6. The highest BCUT2D eigenvalue weighted by Crippen LogP contribution is 2.13. The quantitative estimate of drug-likeness (QED) is 0.706. The third-order valence-electron chi connectivity index (χ3n) is 3.06. The topological polar surface area (TPSA) is 47.6 Å². The minimum absolute atomic E-state index is 0.225. The molecule has 1 aromatic carbocycles. The first kappa shape index (κ1) is 16.5. The molecule has 0 amide bonds. The largest absolute Gasteiger partial charge is 0.494 e. The molecule has 1 unspecified atom stereocenters. The van der Waals surface area contributed by atoms with Crippen LogP contribution in [0.4, 0.5) is 0 Å². The summed E-state index contributed by atoms with van der Waals surface area (Å²) >= 11 is 0. The Balaban J connectivity index is 2.36. The molecule has 4 nitrogen and oxygen atoms in total. The summed E-state index contributed by atoms with van der Waals surface area (Å²) in [4.78, 5) is 11.6. The molecule has 1 aromatic rings. The Kier molecular flexibility index (Phi) is 7.73. The normalized spacial score (nSPS) is 11.9. The van der Waals surface area contributed by atoms with Crippen molar-refractivity contribution >= 4 is 5.97 Å². The molecular formula is C16H25NO3. The number of hydrogen-bond donors (Lipinski definition) is 1. The van der Waals surface area contributed by atoms with Gasteiger partial charge < -0.3 is 14.8 Å². The van der Waals surface area contributed by atoms with Crippen LogP contribution in [0.5, 0.6) is 5.75 Å². The summed E-state index contributed by atoms with van der Waals surface area (Å²) in [5.41, 5.74) is 1.32. The Bertz CT molecular complexity index is 389. The van der Waals surface area contributed by atoms with Crippen molar-refractivity contribution in [3.8, 4) is 5.75 Å². The SMILES string of the molecule is CCCc1ccc(OCCC(NC)C(=O)OCC)cc1. The van der Waals surface area contributed by atoms with Gasteiger partial charge in [0.1, 0.15) is 11.8 Å². The van der Waals surface area contributed by atoms with E-state index in [1.54, 1.807) is 14.0 Å². The number of hydrogen-bond acceptors (Lipinski definition) is 4. The molecule has 1 atom stereocenters. The van der Waals surface area contributed by atoms with Gasteiger partial charge in [-0.1, -0.05) is 25.5 Å². The summed E-state index contributed by atoms with van der Waals surface area (Å²) in [6, 6.07) is 7.81. The molecule has 1 rings (SSSR count). The third kappa shape index (κ3) is 5.61. The molecule has 4 heteroatoms. The van der Waals surface area contributed by atoms with Gasteiger partial charge in [-0.2, -0.15) is 0 Å². The van der Waals surface area contributed by atoms with Gasteiger partial charge in [0.2, 0.25) is 0 Å². The van der Waals surface area contributed by atoms with Crippen molar-refractivity contribution in [2.24, 2.45) is 0 Å². The van der Waals surface area contributed by atoms with Gasteiger partial charge in [-0.15, -0.1) is 0 Å². The van der Waals surface area contributed by atoms with E-state index in [-0.39, 0.29) is 12.0 Å². The Hall–Kier alpha value is -1.55. The lowest BCUT2D eigenvalue weighted by molar-refractivity contribution is -0.145. The summed E-state index contributed by atoms with van der Waals surface area (Å²) in [5.74, 6) is 0.612. The second-order valence-corrected chi connectivity index (χ2v) is 4.62. The maximum absolute atomic E-state index is 11.6. The van der Waals surface area contributed by atoms with Crippen LogP contribution in [0.15, 0.2) is 24.3 Å². The monoisotopic (exact) mass is 279 g/mol.